The summed E-state index contributed by atoms with van der Waals surface area (Å²) in [6, 6.07) is 0. The quantitative estimate of drug-likeness (QED) is 0.865. The molecule has 6 nitrogen and oxygen atoms in total. The Balaban J connectivity index is 1.64. The van der Waals surface area contributed by atoms with Crippen molar-refractivity contribution < 1.29 is 0 Å². The van der Waals surface area contributed by atoms with Crippen LogP contribution >= 0.6 is 0 Å². The molecule has 0 atom stereocenters. The summed E-state index contributed by atoms with van der Waals surface area (Å²) < 4.78 is 1.83. The maximum absolute atomic E-state index is 4.80. The van der Waals surface area contributed by atoms with Gasteiger partial charge in [-0.05, 0) is 11.8 Å². The van der Waals surface area contributed by atoms with Crippen LogP contribution in [0.15, 0.2) is 12.4 Å². The van der Waals surface area contributed by atoms with E-state index in [1.807, 2.05) is 24.1 Å². The van der Waals surface area contributed by atoms with Crippen LogP contribution in [0.25, 0.3) is 0 Å². The second-order valence-electron chi connectivity index (χ2n) is 7.63. The minimum absolute atomic E-state index is 0.327. The molecule has 0 spiro atoms. The third kappa shape index (κ3) is 4.13. The maximum Gasteiger partial charge on any atom is 0.128 e. The average molecular weight is 314 g/mol. The summed E-state index contributed by atoms with van der Waals surface area (Å²) in [6.07, 6.45) is 6.92. The lowest BCUT2D eigenvalue weighted by molar-refractivity contribution is 0.236. The number of hydrogen-bond donors (Lipinski definition) is 0. The fraction of sp³-hybridized carbons (Fsp3) is 0.647. The molecule has 0 saturated heterocycles. The van der Waals surface area contributed by atoms with Crippen molar-refractivity contribution in [3.63, 3.8) is 0 Å². The van der Waals surface area contributed by atoms with Gasteiger partial charge in [-0.3, -0.25) is 9.58 Å². The summed E-state index contributed by atoms with van der Waals surface area (Å²) in [6.45, 7) is 9.58. The van der Waals surface area contributed by atoms with Crippen LogP contribution in [0.5, 0.6) is 0 Å². The molecule has 0 N–H and O–H groups in total. The molecule has 23 heavy (non-hydrogen) atoms. The number of rotatable bonds is 4. The molecule has 0 fully saturated rings. The summed E-state index contributed by atoms with van der Waals surface area (Å²) in [5, 5.41) is 7.94. The molecule has 1 aliphatic heterocycles. The number of aromatic nitrogens is 5. The Morgan fingerprint density at radius 2 is 2.04 bits per heavy atom. The second kappa shape index (κ2) is 6.35. The van der Waals surface area contributed by atoms with Crippen molar-refractivity contribution in [2.24, 2.45) is 12.5 Å². The predicted octanol–water partition coefficient (Wildman–Crippen LogP) is 2.14. The van der Waals surface area contributed by atoms with Gasteiger partial charge in [0.1, 0.15) is 5.82 Å². The van der Waals surface area contributed by atoms with Crippen molar-refractivity contribution in [3.05, 3.63) is 35.2 Å². The van der Waals surface area contributed by atoms with E-state index in [2.05, 4.69) is 41.0 Å². The smallest absolute Gasteiger partial charge is 0.128 e. The van der Waals surface area contributed by atoms with Crippen LogP contribution < -0.4 is 0 Å². The van der Waals surface area contributed by atoms with Gasteiger partial charge in [0, 0.05) is 57.0 Å². The maximum atomic E-state index is 4.80. The van der Waals surface area contributed by atoms with E-state index in [0.29, 0.717) is 5.41 Å². The highest BCUT2D eigenvalue weighted by atomic mass is 15.4. The molecule has 0 aliphatic carbocycles. The van der Waals surface area contributed by atoms with E-state index in [9.17, 15) is 0 Å². The van der Waals surface area contributed by atoms with Crippen LogP contribution in [0.2, 0.25) is 0 Å². The fourth-order valence-electron chi connectivity index (χ4n) is 2.84. The van der Waals surface area contributed by atoms with Gasteiger partial charge in [-0.25, -0.2) is 9.97 Å². The van der Waals surface area contributed by atoms with E-state index in [-0.39, 0.29) is 0 Å². The zero-order chi connectivity index (χ0) is 16.4. The third-order valence-electron chi connectivity index (χ3n) is 4.36. The summed E-state index contributed by atoms with van der Waals surface area (Å²) in [5.74, 6) is 0.989. The molecule has 0 radical (unpaired) electrons. The zero-order valence-electron chi connectivity index (χ0n) is 14.6. The molecule has 0 saturated carbocycles. The molecule has 2 aromatic rings. The highest BCUT2D eigenvalue weighted by molar-refractivity contribution is 5.21. The molecule has 6 heteroatoms. The number of aryl methyl sites for hydroxylation is 2. The first-order valence-electron chi connectivity index (χ1n) is 8.30. The van der Waals surface area contributed by atoms with Gasteiger partial charge in [0.25, 0.3) is 0 Å². The number of hydrogen-bond acceptors (Lipinski definition) is 5. The molecule has 0 bridgehead atoms. The minimum Gasteiger partial charge on any atom is -0.293 e. The normalized spacial score (nSPS) is 15.7. The average Bonchev–Trinajstić information content (AvgIpc) is 2.89. The van der Waals surface area contributed by atoms with E-state index in [1.165, 1.54) is 11.3 Å². The fourth-order valence-corrected chi connectivity index (χ4v) is 2.84. The molecule has 2 aromatic heterocycles. The molecule has 124 valence electrons. The standard InChI is InChI=1S/C17H26N6/c1-17(2,3)7-5-16-18-9-13-11-23(8-6-15(13)20-16)12-14-10-19-21-22(14)4/h9-10H,5-8,11-12H2,1-4H3. The van der Waals surface area contributed by atoms with E-state index in [1.54, 1.807) is 0 Å². The van der Waals surface area contributed by atoms with Crippen molar-refractivity contribution >= 4 is 0 Å². The predicted molar refractivity (Wildman–Crippen MR) is 88.6 cm³/mol. The topological polar surface area (TPSA) is 59.7 Å². The lowest BCUT2D eigenvalue weighted by atomic mass is 9.90. The Kier molecular flexibility index (Phi) is 4.43. The van der Waals surface area contributed by atoms with E-state index < -0.39 is 0 Å². The molecule has 0 aromatic carbocycles. The molecule has 3 heterocycles. The van der Waals surface area contributed by atoms with Gasteiger partial charge in [0.15, 0.2) is 0 Å². The van der Waals surface area contributed by atoms with Crippen LogP contribution in [-0.4, -0.2) is 36.4 Å². The van der Waals surface area contributed by atoms with Gasteiger partial charge in [-0.1, -0.05) is 26.0 Å². The van der Waals surface area contributed by atoms with E-state index in [4.69, 9.17) is 4.98 Å². The van der Waals surface area contributed by atoms with Crippen LogP contribution in [0.4, 0.5) is 0 Å². The van der Waals surface area contributed by atoms with Gasteiger partial charge in [-0.15, -0.1) is 5.10 Å². The molecule has 1 aliphatic rings. The molecular formula is C17H26N6. The largest absolute Gasteiger partial charge is 0.293 e. The number of fused-ring (bicyclic) bond motifs is 1. The Bertz CT molecular complexity index is 670. The second-order valence-corrected chi connectivity index (χ2v) is 7.63. The van der Waals surface area contributed by atoms with Gasteiger partial charge in [0.05, 0.1) is 11.9 Å². The first-order valence-corrected chi connectivity index (χ1v) is 8.30. The lowest BCUT2D eigenvalue weighted by Crippen LogP contribution is -2.31. The van der Waals surface area contributed by atoms with E-state index >= 15 is 0 Å². The van der Waals surface area contributed by atoms with Crippen molar-refractivity contribution in [3.8, 4) is 0 Å². The first kappa shape index (κ1) is 16.1. The Hall–Kier alpha value is -1.82. The van der Waals surface area contributed by atoms with Crippen molar-refractivity contribution in [1.29, 1.82) is 0 Å². The van der Waals surface area contributed by atoms with Crippen molar-refractivity contribution in [2.45, 2.75) is 53.1 Å². The minimum atomic E-state index is 0.327. The van der Waals surface area contributed by atoms with Gasteiger partial charge in [0.2, 0.25) is 0 Å². The Morgan fingerprint density at radius 1 is 1.22 bits per heavy atom. The van der Waals surface area contributed by atoms with Crippen LogP contribution in [0.3, 0.4) is 0 Å². The molecule has 0 amide bonds. The Labute approximate surface area is 137 Å². The summed E-state index contributed by atoms with van der Waals surface area (Å²) >= 11 is 0. The highest BCUT2D eigenvalue weighted by Crippen LogP contribution is 2.22. The van der Waals surface area contributed by atoms with Gasteiger partial charge >= 0.3 is 0 Å². The van der Waals surface area contributed by atoms with Crippen LogP contribution in [-0.2, 0) is 33.0 Å². The monoisotopic (exact) mass is 314 g/mol. The summed E-state index contributed by atoms with van der Waals surface area (Å²) in [4.78, 5) is 11.8. The molecule has 3 rings (SSSR count). The summed E-state index contributed by atoms with van der Waals surface area (Å²) in [7, 11) is 1.94. The van der Waals surface area contributed by atoms with Crippen molar-refractivity contribution in [2.75, 3.05) is 6.54 Å². The molecule has 0 unspecified atom stereocenters. The highest BCUT2D eigenvalue weighted by Gasteiger charge is 2.20. The van der Waals surface area contributed by atoms with Crippen molar-refractivity contribution in [1.82, 2.24) is 29.9 Å². The first-order chi connectivity index (χ1) is 10.9. The summed E-state index contributed by atoms with van der Waals surface area (Å²) in [5.41, 5.74) is 3.94. The SMILES string of the molecule is Cn1nncc1CN1CCc2nc(CCC(C)(C)C)ncc2C1. The van der Waals surface area contributed by atoms with Gasteiger partial charge < -0.3 is 0 Å². The number of nitrogens with zero attached hydrogens (tertiary/aromatic N) is 6. The van der Waals surface area contributed by atoms with Gasteiger partial charge in [-0.2, -0.15) is 0 Å². The zero-order valence-corrected chi connectivity index (χ0v) is 14.6. The Morgan fingerprint density at radius 3 is 2.74 bits per heavy atom. The van der Waals surface area contributed by atoms with E-state index in [0.717, 1.165) is 50.4 Å². The third-order valence-corrected chi connectivity index (χ3v) is 4.36. The lowest BCUT2D eigenvalue weighted by Gasteiger charge is -2.27. The molecular weight excluding hydrogens is 288 g/mol. The van der Waals surface area contributed by atoms with Crippen LogP contribution in [0.1, 0.15) is 50.0 Å². The van der Waals surface area contributed by atoms with Crippen LogP contribution in [0, 0.1) is 5.41 Å².